The number of rotatable bonds is 6. The Hall–Kier alpha value is -2.82. The van der Waals surface area contributed by atoms with Crippen LogP contribution in [-0.2, 0) is 11.3 Å². The number of ether oxygens (including phenoxy) is 1. The molecule has 0 saturated heterocycles. The van der Waals surface area contributed by atoms with Crippen molar-refractivity contribution < 1.29 is 14.3 Å². The first-order valence-electron chi connectivity index (χ1n) is 6.90. The fraction of sp³-hybridized carbons (Fsp3) is 0.176. The lowest BCUT2D eigenvalue weighted by Crippen LogP contribution is -2.28. The first-order valence-corrected chi connectivity index (χ1v) is 6.90. The molecule has 2 amide bonds. The molecular weight excluding hydrogens is 280 g/mol. The summed E-state index contributed by atoms with van der Waals surface area (Å²) in [6.45, 7) is 2.27. The average molecular weight is 298 g/mol. The van der Waals surface area contributed by atoms with Crippen molar-refractivity contribution in [2.45, 2.75) is 13.5 Å². The molecule has 0 fully saturated rings. The normalized spacial score (nSPS) is 10.0. The average Bonchev–Trinajstić information content (AvgIpc) is 2.52. The van der Waals surface area contributed by atoms with E-state index in [2.05, 4.69) is 5.32 Å². The number of nitrogens with one attached hydrogen (secondary N) is 1. The van der Waals surface area contributed by atoms with Gasteiger partial charge in [-0.2, -0.15) is 0 Å². The number of primary amides is 1. The molecule has 114 valence electrons. The molecule has 0 aromatic heterocycles. The summed E-state index contributed by atoms with van der Waals surface area (Å²) < 4.78 is 5.35. The number of hydrogen-bond donors (Lipinski definition) is 2. The monoisotopic (exact) mass is 298 g/mol. The summed E-state index contributed by atoms with van der Waals surface area (Å²) in [6, 6.07) is 14.4. The third-order valence-electron chi connectivity index (χ3n) is 3.12. The molecule has 0 radical (unpaired) electrons. The zero-order valence-corrected chi connectivity index (χ0v) is 12.3. The molecule has 2 aromatic carbocycles. The maximum atomic E-state index is 11.8. The SMILES string of the molecule is Cc1ccc(CNC(=O)COc2ccccc2C(N)=O)cc1. The van der Waals surface area contributed by atoms with E-state index < -0.39 is 5.91 Å². The quantitative estimate of drug-likeness (QED) is 0.853. The van der Waals surface area contributed by atoms with Gasteiger partial charge in [0.15, 0.2) is 6.61 Å². The van der Waals surface area contributed by atoms with Crippen molar-refractivity contribution in [3.8, 4) is 5.75 Å². The Morgan fingerprint density at radius 3 is 2.45 bits per heavy atom. The number of aryl methyl sites for hydroxylation is 1. The van der Waals surface area contributed by atoms with Crippen molar-refractivity contribution >= 4 is 11.8 Å². The Morgan fingerprint density at radius 1 is 1.09 bits per heavy atom. The van der Waals surface area contributed by atoms with Crippen LogP contribution in [0, 0.1) is 6.92 Å². The van der Waals surface area contributed by atoms with Crippen LogP contribution in [0.2, 0.25) is 0 Å². The Bertz CT molecular complexity index is 666. The van der Waals surface area contributed by atoms with Crippen LogP contribution in [0.3, 0.4) is 0 Å². The fourth-order valence-corrected chi connectivity index (χ4v) is 1.90. The second-order valence-electron chi connectivity index (χ2n) is 4.91. The van der Waals surface area contributed by atoms with Gasteiger partial charge in [0.05, 0.1) is 5.56 Å². The molecule has 0 aliphatic heterocycles. The van der Waals surface area contributed by atoms with Crippen LogP contribution in [0.15, 0.2) is 48.5 Å². The number of amides is 2. The fourth-order valence-electron chi connectivity index (χ4n) is 1.90. The summed E-state index contributed by atoms with van der Waals surface area (Å²) in [4.78, 5) is 23.0. The van der Waals surface area contributed by atoms with Crippen LogP contribution >= 0.6 is 0 Å². The first kappa shape index (κ1) is 15.6. The van der Waals surface area contributed by atoms with Crippen LogP contribution in [0.5, 0.6) is 5.75 Å². The Labute approximate surface area is 129 Å². The van der Waals surface area contributed by atoms with E-state index in [4.69, 9.17) is 10.5 Å². The van der Waals surface area contributed by atoms with E-state index >= 15 is 0 Å². The van der Waals surface area contributed by atoms with Crippen LogP contribution in [0.1, 0.15) is 21.5 Å². The summed E-state index contributed by atoms with van der Waals surface area (Å²) in [5, 5.41) is 2.76. The van der Waals surface area contributed by atoms with E-state index in [1.165, 1.54) is 5.56 Å². The summed E-state index contributed by atoms with van der Waals surface area (Å²) in [7, 11) is 0. The highest BCUT2D eigenvalue weighted by Crippen LogP contribution is 2.16. The molecule has 0 spiro atoms. The van der Waals surface area contributed by atoms with Gasteiger partial charge < -0.3 is 15.8 Å². The van der Waals surface area contributed by atoms with Crippen molar-refractivity contribution in [2.24, 2.45) is 5.73 Å². The van der Waals surface area contributed by atoms with E-state index in [-0.39, 0.29) is 18.1 Å². The number of para-hydroxylation sites is 1. The highest BCUT2D eigenvalue weighted by molar-refractivity contribution is 5.95. The second kappa shape index (κ2) is 7.26. The summed E-state index contributed by atoms with van der Waals surface area (Å²) in [6.07, 6.45) is 0. The van der Waals surface area contributed by atoms with Gasteiger partial charge in [-0.3, -0.25) is 9.59 Å². The third kappa shape index (κ3) is 4.34. The van der Waals surface area contributed by atoms with E-state index in [0.29, 0.717) is 12.3 Å². The van der Waals surface area contributed by atoms with Crippen molar-refractivity contribution in [3.05, 3.63) is 65.2 Å². The summed E-state index contributed by atoms with van der Waals surface area (Å²) in [5.74, 6) is -0.545. The molecule has 0 heterocycles. The molecule has 2 aromatic rings. The van der Waals surface area contributed by atoms with Gasteiger partial charge in [0.25, 0.3) is 11.8 Å². The lowest BCUT2D eigenvalue weighted by atomic mass is 10.1. The van der Waals surface area contributed by atoms with E-state index in [1.54, 1.807) is 24.3 Å². The lowest BCUT2D eigenvalue weighted by Gasteiger charge is -2.10. The van der Waals surface area contributed by atoms with Crippen LogP contribution in [0.25, 0.3) is 0 Å². The van der Waals surface area contributed by atoms with Crippen molar-refractivity contribution in [1.29, 1.82) is 0 Å². The van der Waals surface area contributed by atoms with Gasteiger partial charge in [0.1, 0.15) is 5.75 Å². The van der Waals surface area contributed by atoms with Gasteiger partial charge in [0.2, 0.25) is 0 Å². The van der Waals surface area contributed by atoms with E-state index in [9.17, 15) is 9.59 Å². The molecule has 3 N–H and O–H groups in total. The molecule has 22 heavy (non-hydrogen) atoms. The maximum absolute atomic E-state index is 11.8. The molecule has 0 bridgehead atoms. The molecule has 2 rings (SSSR count). The largest absolute Gasteiger partial charge is 0.483 e. The molecule has 0 saturated carbocycles. The molecule has 5 heteroatoms. The van der Waals surface area contributed by atoms with Crippen LogP contribution < -0.4 is 15.8 Å². The number of carbonyl (C=O) groups is 2. The molecule has 0 aliphatic rings. The summed E-state index contributed by atoms with van der Waals surface area (Å²) >= 11 is 0. The maximum Gasteiger partial charge on any atom is 0.258 e. The Kier molecular flexibility index (Phi) is 5.14. The standard InChI is InChI=1S/C17H18N2O3/c1-12-6-8-13(9-7-12)10-19-16(20)11-22-15-5-3-2-4-14(15)17(18)21/h2-9H,10-11H2,1H3,(H2,18,21)(H,19,20). The zero-order valence-electron chi connectivity index (χ0n) is 12.3. The zero-order chi connectivity index (χ0) is 15.9. The molecule has 5 nitrogen and oxygen atoms in total. The minimum absolute atomic E-state index is 0.170. The Morgan fingerprint density at radius 2 is 1.77 bits per heavy atom. The Balaban J connectivity index is 1.85. The minimum atomic E-state index is -0.587. The molecule has 0 atom stereocenters. The topological polar surface area (TPSA) is 81.4 Å². The first-order chi connectivity index (χ1) is 10.6. The minimum Gasteiger partial charge on any atom is -0.483 e. The number of nitrogens with two attached hydrogens (primary N) is 1. The molecule has 0 unspecified atom stereocenters. The smallest absolute Gasteiger partial charge is 0.258 e. The van der Waals surface area contributed by atoms with Gasteiger partial charge in [-0.25, -0.2) is 0 Å². The van der Waals surface area contributed by atoms with Gasteiger partial charge in [-0.1, -0.05) is 42.0 Å². The highest BCUT2D eigenvalue weighted by Gasteiger charge is 2.10. The molecular formula is C17H18N2O3. The predicted octanol–water partition coefficient (Wildman–Crippen LogP) is 1.79. The van der Waals surface area contributed by atoms with Gasteiger partial charge in [-0.15, -0.1) is 0 Å². The van der Waals surface area contributed by atoms with Gasteiger partial charge in [0, 0.05) is 6.54 Å². The van der Waals surface area contributed by atoms with Crippen molar-refractivity contribution in [2.75, 3.05) is 6.61 Å². The van der Waals surface area contributed by atoms with Gasteiger partial charge >= 0.3 is 0 Å². The third-order valence-corrected chi connectivity index (χ3v) is 3.12. The van der Waals surface area contributed by atoms with Crippen molar-refractivity contribution in [1.82, 2.24) is 5.32 Å². The second-order valence-corrected chi connectivity index (χ2v) is 4.91. The number of carbonyl (C=O) groups excluding carboxylic acids is 2. The lowest BCUT2D eigenvalue weighted by molar-refractivity contribution is -0.123. The number of hydrogen-bond acceptors (Lipinski definition) is 3. The summed E-state index contributed by atoms with van der Waals surface area (Å²) in [5.41, 5.74) is 7.69. The predicted molar refractivity (Wildman–Crippen MR) is 83.5 cm³/mol. The van der Waals surface area contributed by atoms with E-state index in [0.717, 1.165) is 5.56 Å². The van der Waals surface area contributed by atoms with Crippen LogP contribution in [-0.4, -0.2) is 18.4 Å². The van der Waals surface area contributed by atoms with E-state index in [1.807, 2.05) is 31.2 Å². The number of benzene rings is 2. The molecule has 0 aliphatic carbocycles. The highest BCUT2D eigenvalue weighted by atomic mass is 16.5. The van der Waals surface area contributed by atoms with Crippen LogP contribution in [0.4, 0.5) is 0 Å². The van der Waals surface area contributed by atoms with Crippen molar-refractivity contribution in [3.63, 3.8) is 0 Å². The van der Waals surface area contributed by atoms with Gasteiger partial charge in [-0.05, 0) is 24.6 Å².